The molecule has 2 aromatic carbocycles. The van der Waals surface area contributed by atoms with Gasteiger partial charge in [-0.1, -0.05) is 60.7 Å². The molecule has 2 N–H and O–H groups in total. The molecule has 0 amide bonds. The van der Waals surface area contributed by atoms with Gasteiger partial charge in [-0.25, -0.2) is 0 Å². The lowest BCUT2D eigenvalue weighted by molar-refractivity contribution is -0.114. The van der Waals surface area contributed by atoms with Crippen molar-refractivity contribution in [3.05, 3.63) is 83.1 Å². The molecule has 0 spiro atoms. The van der Waals surface area contributed by atoms with Crippen LogP contribution in [0.2, 0.25) is 0 Å². The molecular weight excluding hydrogens is 274 g/mol. The molecule has 3 rings (SSSR count). The molecule has 1 fully saturated rings. The average molecular weight is 291 g/mol. The molecule has 0 aliphatic heterocycles. The SMILES string of the molecule is N=C1CCC(=O)/C1=C(\O)C(c1ccccc1)c1ccccc1. The molecule has 3 nitrogen and oxygen atoms in total. The summed E-state index contributed by atoms with van der Waals surface area (Å²) in [5.74, 6) is -0.566. The highest BCUT2D eigenvalue weighted by Gasteiger charge is 2.31. The lowest BCUT2D eigenvalue weighted by Gasteiger charge is -2.19. The van der Waals surface area contributed by atoms with Gasteiger partial charge in [0.15, 0.2) is 5.78 Å². The standard InChI is InChI=1S/C19H17NO2/c20-15-11-12-16(21)18(15)19(22)17(13-7-3-1-4-8-13)14-9-5-2-6-10-14/h1-10,17,20,22H,11-12H2/b19-18-,20-15?. The van der Waals surface area contributed by atoms with Gasteiger partial charge >= 0.3 is 0 Å². The van der Waals surface area contributed by atoms with E-state index in [0.29, 0.717) is 12.8 Å². The lowest BCUT2D eigenvalue weighted by Crippen LogP contribution is -2.12. The van der Waals surface area contributed by atoms with Crippen LogP contribution in [0.15, 0.2) is 72.0 Å². The molecule has 3 heteroatoms. The third-order valence-corrected chi connectivity index (χ3v) is 3.98. The van der Waals surface area contributed by atoms with Gasteiger partial charge < -0.3 is 10.5 Å². The van der Waals surface area contributed by atoms with Crippen molar-refractivity contribution in [3.8, 4) is 0 Å². The molecule has 110 valence electrons. The zero-order chi connectivity index (χ0) is 15.5. The Morgan fingerprint density at radius 1 is 0.909 bits per heavy atom. The number of hydrogen-bond donors (Lipinski definition) is 2. The van der Waals surface area contributed by atoms with E-state index in [1.807, 2.05) is 60.7 Å². The first kappa shape index (κ1) is 14.3. The first-order valence-electron chi connectivity index (χ1n) is 7.32. The minimum Gasteiger partial charge on any atom is -0.510 e. The van der Waals surface area contributed by atoms with E-state index in [1.165, 1.54) is 0 Å². The number of hydrogen-bond acceptors (Lipinski definition) is 3. The number of nitrogens with one attached hydrogen (secondary N) is 1. The van der Waals surface area contributed by atoms with E-state index in [9.17, 15) is 9.90 Å². The maximum Gasteiger partial charge on any atom is 0.168 e. The Kier molecular flexibility index (Phi) is 3.88. The van der Waals surface area contributed by atoms with Gasteiger partial charge in [0.2, 0.25) is 0 Å². The maximum absolute atomic E-state index is 12.0. The van der Waals surface area contributed by atoms with E-state index < -0.39 is 5.92 Å². The highest BCUT2D eigenvalue weighted by Crippen LogP contribution is 2.34. The summed E-state index contributed by atoms with van der Waals surface area (Å²) >= 11 is 0. The Morgan fingerprint density at radius 3 is 1.82 bits per heavy atom. The van der Waals surface area contributed by atoms with Gasteiger partial charge in [-0.3, -0.25) is 4.79 Å². The Labute approximate surface area is 129 Å². The highest BCUT2D eigenvalue weighted by atomic mass is 16.3. The smallest absolute Gasteiger partial charge is 0.168 e. The predicted octanol–water partition coefficient (Wildman–Crippen LogP) is 4.01. The summed E-state index contributed by atoms with van der Waals surface area (Å²) < 4.78 is 0. The summed E-state index contributed by atoms with van der Waals surface area (Å²) in [5.41, 5.74) is 2.24. The predicted molar refractivity (Wildman–Crippen MR) is 86.3 cm³/mol. The Hall–Kier alpha value is -2.68. The highest BCUT2D eigenvalue weighted by molar-refractivity contribution is 6.26. The lowest BCUT2D eigenvalue weighted by atomic mass is 9.87. The van der Waals surface area contributed by atoms with Gasteiger partial charge in [-0.15, -0.1) is 0 Å². The van der Waals surface area contributed by atoms with E-state index in [4.69, 9.17) is 5.41 Å². The van der Waals surface area contributed by atoms with Crippen molar-refractivity contribution in [2.24, 2.45) is 0 Å². The van der Waals surface area contributed by atoms with Crippen LogP contribution < -0.4 is 0 Å². The van der Waals surface area contributed by atoms with Crippen LogP contribution in [-0.2, 0) is 4.79 Å². The van der Waals surface area contributed by atoms with Crippen LogP contribution in [0.4, 0.5) is 0 Å². The van der Waals surface area contributed by atoms with Crippen molar-refractivity contribution < 1.29 is 9.90 Å². The fourth-order valence-corrected chi connectivity index (χ4v) is 2.90. The maximum atomic E-state index is 12.0. The fraction of sp³-hybridized carbons (Fsp3) is 0.158. The molecule has 0 unspecified atom stereocenters. The molecule has 1 aliphatic carbocycles. The Balaban J connectivity index is 2.17. The van der Waals surface area contributed by atoms with Crippen LogP contribution in [-0.4, -0.2) is 16.6 Å². The summed E-state index contributed by atoms with van der Waals surface area (Å²) in [7, 11) is 0. The number of benzene rings is 2. The number of aliphatic hydroxyl groups excluding tert-OH is 1. The van der Waals surface area contributed by atoms with E-state index in [2.05, 4.69) is 0 Å². The number of aliphatic hydroxyl groups is 1. The fourth-order valence-electron chi connectivity index (χ4n) is 2.90. The van der Waals surface area contributed by atoms with Gasteiger partial charge in [0.1, 0.15) is 5.76 Å². The molecule has 0 radical (unpaired) electrons. The van der Waals surface area contributed by atoms with Gasteiger partial charge in [0, 0.05) is 12.1 Å². The first-order chi connectivity index (χ1) is 10.7. The Bertz CT molecular complexity index is 675. The van der Waals surface area contributed by atoms with Crippen LogP contribution in [0.25, 0.3) is 0 Å². The molecule has 0 atom stereocenters. The topological polar surface area (TPSA) is 61.2 Å². The van der Waals surface area contributed by atoms with Crippen LogP contribution in [0, 0.1) is 5.41 Å². The molecule has 1 saturated carbocycles. The molecular formula is C19H17NO2. The van der Waals surface area contributed by atoms with Crippen LogP contribution in [0.1, 0.15) is 29.9 Å². The van der Waals surface area contributed by atoms with Crippen molar-refractivity contribution in [1.29, 1.82) is 5.41 Å². The molecule has 0 aromatic heterocycles. The number of allylic oxidation sites excluding steroid dienone is 2. The summed E-state index contributed by atoms with van der Waals surface area (Å²) in [6.07, 6.45) is 0.725. The normalized spacial score (nSPS) is 17.1. The van der Waals surface area contributed by atoms with E-state index in [1.54, 1.807) is 0 Å². The van der Waals surface area contributed by atoms with E-state index >= 15 is 0 Å². The third-order valence-electron chi connectivity index (χ3n) is 3.98. The quantitative estimate of drug-likeness (QED) is 0.663. The number of ketones is 1. The molecule has 22 heavy (non-hydrogen) atoms. The number of Topliss-reactive ketones (excluding diaryl/α,β-unsaturated/α-hetero) is 1. The molecule has 1 aliphatic rings. The molecule has 0 bridgehead atoms. The van der Waals surface area contributed by atoms with Gasteiger partial charge in [-0.05, 0) is 17.5 Å². The minimum absolute atomic E-state index is 0.00935. The second-order valence-corrected chi connectivity index (χ2v) is 5.42. The third kappa shape index (κ3) is 2.58. The second-order valence-electron chi connectivity index (χ2n) is 5.42. The summed E-state index contributed by atoms with van der Waals surface area (Å²) in [4.78, 5) is 12.0. The number of carbonyl (C=O) groups is 1. The molecule has 2 aromatic rings. The van der Waals surface area contributed by atoms with Crippen LogP contribution >= 0.6 is 0 Å². The van der Waals surface area contributed by atoms with Gasteiger partial charge in [-0.2, -0.15) is 0 Å². The van der Waals surface area contributed by atoms with Crippen molar-refractivity contribution in [3.63, 3.8) is 0 Å². The zero-order valence-corrected chi connectivity index (χ0v) is 12.1. The van der Waals surface area contributed by atoms with Crippen molar-refractivity contribution >= 4 is 11.5 Å². The van der Waals surface area contributed by atoms with Crippen molar-refractivity contribution in [2.75, 3.05) is 0 Å². The second kappa shape index (κ2) is 5.98. The number of carbonyl (C=O) groups excluding carboxylic acids is 1. The zero-order valence-electron chi connectivity index (χ0n) is 12.1. The van der Waals surface area contributed by atoms with Crippen molar-refractivity contribution in [1.82, 2.24) is 0 Å². The molecule has 0 saturated heterocycles. The van der Waals surface area contributed by atoms with E-state index in [-0.39, 0.29) is 22.8 Å². The molecule has 0 heterocycles. The van der Waals surface area contributed by atoms with Gasteiger partial charge in [0.25, 0.3) is 0 Å². The largest absolute Gasteiger partial charge is 0.510 e. The van der Waals surface area contributed by atoms with Crippen LogP contribution in [0.5, 0.6) is 0 Å². The summed E-state index contributed by atoms with van der Waals surface area (Å²) in [6.45, 7) is 0. The monoisotopic (exact) mass is 291 g/mol. The van der Waals surface area contributed by atoms with Crippen LogP contribution in [0.3, 0.4) is 0 Å². The minimum atomic E-state index is -0.417. The van der Waals surface area contributed by atoms with Crippen molar-refractivity contribution in [2.45, 2.75) is 18.8 Å². The summed E-state index contributed by atoms with van der Waals surface area (Å²) in [5, 5.41) is 18.7. The Morgan fingerprint density at radius 2 is 1.41 bits per heavy atom. The number of rotatable bonds is 3. The first-order valence-corrected chi connectivity index (χ1v) is 7.32. The summed E-state index contributed by atoms with van der Waals surface area (Å²) in [6, 6.07) is 19.2. The van der Waals surface area contributed by atoms with E-state index in [0.717, 1.165) is 11.1 Å². The average Bonchev–Trinajstić information content (AvgIpc) is 2.88. The van der Waals surface area contributed by atoms with Gasteiger partial charge in [0.05, 0.1) is 11.5 Å².